The second kappa shape index (κ2) is 8.46. The monoisotopic (exact) mass is 399 g/mol. The summed E-state index contributed by atoms with van der Waals surface area (Å²) in [6.07, 6.45) is 1.52. The molecule has 7 nitrogen and oxygen atoms in total. The number of nitrogens with zero attached hydrogens (tertiary/aromatic N) is 1. The Bertz CT molecular complexity index is 779. The van der Waals surface area contributed by atoms with Gasteiger partial charge in [-0.25, -0.2) is 4.79 Å². The molecule has 2 rings (SSSR count). The topological polar surface area (TPSA) is 82.1 Å². The van der Waals surface area contributed by atoms with E-state index in [9.17, 15) is 14.4 Å². The summed E-state index contributed by atoms with van der Waals surface area (Å²) >= 11 is 6.94. The normalized spacial score (nSPS) is 16.8. The molecule has 0 spiro atoms. The van der Waals surface area contributed by atoms with Crippen LogP contribution in [0.3, 0.4) is 0 Å². The van der Waals surface area contributed by atoms with Crippen LogP contribution in [0.25, 0.3) is 6.08 Å². The number of imide groups is 1. The molecule has 1 heterocycles. The number of carbonyl (C=O) groups is 3. The van der Waals surface area contributed by atoms with Crippen molar-refractivity contribution in [3.05, 3.63) is 27.6 Å². The molecule has 0 saturated carbocycles. The fourth-order valence-corrected chi connectivity index (χ4v) is 3.58. The number of esters is 1. The second-order valence-corrected chi connectivity index (χ2v) is 6.62. The van der Waals surface area contributed by atoms with Crippen LogP contribution in [0.15, 0.2) is 17.0 Å². The number of benzene rings is 1. The Balaban J connectivity index is 2.37. The van der Waals surface area contributed by atoms with Gasteiger partial charge in [0.25, 0.3) is 11.1 Å². The van der Waals surface area contributed by atoms with Crippen LogP contribution in [0.2, 0.25) is 5.02 Å². The maximum Gasteiger partial charge on any atom is 0.328 e. The van der Waals surface area contributed by atoms with Gasteiger partial charge >= 0.3 is 5.97 Å². The lowest BCUT2D eigenvalue weighted by molar-refractivity contribution is -0.148. The first-order valence-corrected chi connectivity index (χ1v) is 8.88. The average Bonchev–Trinajstić information content (AvgIpc) is 2.87. The predicted octanol–water partition coefficient (Wildman–Crippen LogP) is 3.35. The second-order valence-electron chi connectivity index (χ2n) is 5.22. The van der Waals surface area contributed by atoms with Gasteiger partial charge < -0.3 is 14.2 Å². The molecule has 0 bridgehead atoms. The Labute approximate surface area is 160 Å². The SMILES string of the molecule is CCOc1cc(/C=C2/SC(=O)N([C@H](C)C(=O)OC)C2=O)cc(Cl)c1OC. The van der Waals surface area contributed by atoms with Crippen molar-refractivity contribution < 1.29 is 28.6 Å². The van der Waals surface area contributed by atoms with E-state index in [-0.39, 0.29) is 4.91 Å². The maximum atomic E-state index is 12.5. The molecule has 1 aliphatic rings. The first-order valence-electron chi connectivity index (χ1n) is 7.69. The molecule has 0 aliphatic carbocycles. The maximum absolute atomic E-state index is 12.5. The van der Waals surface area contributed by atoms with Crippen LogP contribution in [0, 0.1) is 0 Å². The van der Waals surface area contributed by atoms with Gasteiger partial charge in [0.15, 0.2) is 11.5 Å². The Morgan fingerprint density at radius 3 is 2.62 bits per heavy atom. The van der Waals surface area contributed by atoms with Gasteiger partial charge in [0.1, 0.15) is 6.04 Å². The van der Waals surface area contributed by atoms with Crippen molar-refractivity contribution in [3.8, 4) is 11.5 Å². The summed E-state index contributed by atoms with van der Waals surface area (Å²) in [4.78, 5) is 37.3. The predicted molar refractivity (Wildman–Crippen MR) is 98.5 cm³/mol. The molecule has 140 valence electrons. The molecule has 1 fully saturated rings. The van der Waals surface area contributed by atoms with Crippen molar-refractivity contribution in [2.24, 2.45) is 0 Å². The first-order chi connectivity index (χ1) is 12.3. The number of thioether (sulfide) groups is 1. The highest BCUT2D eigenvalue weighted by molar-refractivity contribution is 8.18. The van der Waals surface area contributed by atoms with E-state index in [4.69, 9.17) is 21.1 Å². The zero-order chi connectivity index (χ0) is 19.4. The molecule has 0 radical (unpaired) electrons. The number of rotatable bonds is 6. The fraction of sp³-hybridized carbons (Fsp3) is 0.353. The Kier molecular flexibility index (Phi) is 6.55. The summed E-state index contributed by atoms with van der Waals surface area (Å²) in [5, 5.41) is -0.226. The smallest absolute Gasteiger partial charge is 0.328 e. The quantitative estimate of drug-likeness (QED) is 0.535. The molecule has 1 aromatic carbocycles. The highest BCUT2D eigenvalue weighted by atomic mass is 35.5. The molecule has 1 saturated heterocycles. The minimum absolute atomic E-state index is 0.175. The van der Waals surface area contributed by atoms with Crippen molar-refractivity contribution >= 4 is 46.6 Å². The van der Waals surface area contributed by atoms with Gasteiger partial charge in [-0.05, 0) is 49.4 Å². The summed E-state index contributed by atoms with van der Waals surface area (Å²) in [5.74, 6) is -0.420. The highest BCUT2D eigenvalue weighted by Crippen LogP contribution is 2.39. The molecule has 0 aromatic heterocycles. The molecule has 26 heavy (non-hydrogen) atoms. The van der Waals surface area contributed by atoms with E-state index in [0.29, 0.717) is 28.7 Å². The third kappa shape index (κ3) is 3.96. The molecular weight excluding hydrogens is 382 g/mol. The molecule has 0 unspecified atom stereocenters. The zero-order valence-corrected chi connectivity index (χ0v) is 16.3. The fourth-order valence-electron chi connectivity index (χ4n) is 2.37. The molecule has 1 atom stereocenters. The van der Waals surface area contributed by atoms with Crippen LogP contribution >= 0.6 is 23.4 Å². The van der Waals surface area contributed by atoms with Crippen LogP contribution in [0.4, 0.5) is 4.79 Å². The van der Waals surface area contributed by atoms with Gasteiger partial charge in [-0.1, -0.05) is 11.6 Å². The van der Waals surface area contributed by atoms with Gasteiger partial charge in [-0.3, -0.25) is 14.5 Å². The molecule has 2 amide bonds. The lowest BCUT2D eigenvalue weighted by Crippen LogP contribution is -2.42. The van der Waals surface area contributed by atoms with E-state index in [0.717, 1.165) is 16.7 Å². The van der Waals surface area contributed by atoms with Crippen LogP contribution in [-0.2, 0) is 14.3 Å². The van der Waals surface area contributed by atoms with Gasteiger partial charge in [-0.2, -0.15) is 0 Å². The van der Waals surface area contributed by atoms with Gasteiger partial charge in [0, 0.05) is 0 Å². The summed E-state index contributed by atoms with van der Waals surface area (Å²) in [6, 6.07) is 2.25. The van der Waals surface area contributed by atoms with Gasteiger partial charge in [0.05, 0.1) is 30.8 Å². The third-order valence-electron chi connectivity index (χ3n) is 3.59. The highest BCUT2D eigenvalue weighted by Gasteiger charge is 2.41. The van der Waals surface area contributed by atoms with E-state index in [1.807, 2.05) is 6.92 Å². The number of amides is 2. The van der Waals surface area contributed by atoms with E-state index < -0.39 is 23.2 Å². The van der Waals surface area contributed by atoms with Crippen LogP contribution in [0.5, 0.6) is 11.5 Å². The Morgan fingerprint density at radius 1 is 1.35 bits per heavy atom. The standard InChI is InChI=1S/C17H18ClNO6S/c1-5-25-12-7-10(6-11(18)14(12)23-3)8-13-15(20)19(17(22)26-13)9(2)16(21)24-4/h6-9H,5H2,1-4H3/b13-8+/t9-/m1/s1. The number of hydrogen-bond acceptors (Lipinski definition) is 7. The van der Waals surface area contributed by atoms with Crippen molar-refractivity contribution in [2.45, 2.75) is 19.9 Å². The lowest BCUT2D eigenvalue weighted by atomic mass is 10.1. The zero-order valence-electron chi connectivity index (χ0n) is 14.7. The van der Waals surface area contributed by atoms with Crippen LogP contribution in [-0.4, -0.2) is 48.9 Å². The number of carbonyl (C=O) groups excluding carboxylic acids is 3. The first kappa shape index (κ1) is 20.1. The minimum Gasteiger partial charge on any atom is -0.491 e. The van der Waals surface area contributed by atoms with Crippen LogP contribution in [0.1, 0.15) is 19.4 Å². The Morgan fingerprint density at radius 2 is 2.04 bits per heavy atom. The number of hydrogen-bond donors (Lipinski definition) is 0. The van der Waals surface area contributed by atoms with E-state index in [2.05, 4.69) is 4.74 Å². The third-order valence-corrected chi connectivity index (χ3v) is 4.75. The Hall–Kier alpha value is -2.19. The van der Waals surface area contributed by atoms with E-state index in [1.54, 1.807) is 12.1 Å². The van der Waals surface area contributed by atoms with E-state index in [1.165, 1.54) is 27.2 Å². The molecule has 1 aliphatic heterocycles. The number of methoxy groups -OCH3 is 2. The van der Waals surface area contributed by atoms with Crippen molar-refractivity contribution in [1.29, 1.82) is 0 Å². The van der Waals surface area contributed by atoms with Gasteiger partial charge in [-0.15, -0.1) is 0 Å². The van der Waals surface area contributed by atoms with Crippen molar-refractivity contribution in [2.75, 3.05) is 20.8 Å². The minimum atomic E-state index is -1.00. The summed E-state index contributed by atoms with van der Waals surface area (Å²) in [5.41, 5.74) is 0.565. The summed E-state index contributed by atoms with van der Waals surface area (Å²) < 4.78 is 15.3. The summed E-state index contributed by atoms with van der Waals surface area (Å²) in [6.45, 7) is 3.66. The summed E-state index contributed by atoms with van der Waals surface area (Å²) in [7, 11) is 2.67. The number of ether oxygens (including phenoxy) is 3. The molecule has 1 aromatic rings. The molecular formula is C17H18ClNO6S. The van der Waals surface area contributed by atoms with Crippen molar-refractivity contribution in [3.63, 3.8) is 0 Å². The lowest BCUT2D eigenvalue weighted by Gasteiger charge is -2.18. The van der Waals surface area contributed by atoms with Gasteiger partial charge in [0.2, 0.25) is 0 Å². The number of halogens is 1. The average molecular weight is 400 g/mol. The van der Waals surface area contributed by atoms with Crippen molar-refractivity contribution in [1.82, 2.24) is 4.90 Å². The molecule has 0 N–H and O–H groups in total. The van der Waals surface area contributed by atoms with E-state index >= 15 is 0 Å². The largest absolute Gasteiger partial charge is 0.491 e. The van der Waals surface area contributed by atoms with Crippen LogP contribution < -0.4 is 9.47 Å². The molecule has 9 heteroatoms.